The molecule has 5 nitrogen and oxygen atoms in total. The molecule has 0 saturated carbocycles. The second-order valence-electron chi connectivity index (χ2n) is 5.28. The standard InChI is InChI=1S/C15H19BrN2O3.ClH/c16-12-3-1-2-11(8-12)14-9-18(5-7-21-14)15(19)13-10-20-6-4-17-13;/h1-3,8,13-14,17H,4-7,9-10H2;1H. The van der Waals surface area contributed by atoms with Crippen molar-refractivity contribution in [1.82, 2.24) is 10.2 Å². The number of morpholine rings is 2. The molecule has 1 N–H and O–H groups in total. The van der Waals surface area contributed by atoms with Crippen LogP contribution in [0, 0.1) is 0 Å². The van der Waals surface area contributed by atoms with E-state index in [1.165, 1.54) is 0 Å². The van der Waals surface area contributed by atoms with Crippen molar-refractivity contribution in [3.05, 3.63) is 34.3 Å². The lowest BCUT2D eigenvalue weighted by Gasteiger charge is -2.36. The molecule has 2 unspecified atom stereocenters. The van der Waals surface area contributed by atoms with Gasteiger partial charge in [-0.1, -0.05) is 28.1 Å². The van der Waals surface area contributed by atoms with Gasteiger partial charge in [0.2, 0.25) is 5.91 Å². The number of hydrogen-bond acceptors (Lipinski definition) is 4. The molecule has 3 rings (SSSR count). The second-order valence-corrected chi connectivity index (χ2v) is 6.20. The maximum Gasteiger partial charge on any atom is 0.242 e. The average molecular weight is 392 g/mol. The largest absolute Gasteiger partial charge is 0.378 e. The van der Waals surface area contributed by atoms with Crippen LogP contribution in [-0.2, 0) is 14.3 Å². The fraction of sp³-hybridized carbons (Fsp3) is 0.533. The lowest BCUT2D eigenvalue weighted by molar-refractivity contribution is -0.144. The van der Waals surface area contributed by atoms with Gasteiger partial charge in [-0.25, -0.2) is 0 Å². The third-order valence-corrected chi connectivity index (χ3v) is 4.31. The molecule has 7 heteroatoms. The molecular formula is C15H20BrClN2O3. The van der Waals surface area contributed by atoms with Crippen LogP contribution in [0.15, 0.2) is 28.7 Å². The summed E-state index contributed by atoms with van der Waals surface area (Å²) < 4.78 is 12.2. The van der Waals surface area contributed by atoms with Gasteiger partial charge in [0.1, 0.15) is 12.1 Å². The van der Waals surface area contributed by atoms with Crippen molar-refractivity contribution in [1.29, 1.82) is 0 Å². The number of amides is 1. The third kappa shape index (κ3) is 4.20. The Morgan fingerprint density at radius 3 is 2.95 bits per heavy atom. The second kappa shape index (κ2) is 8.26. The number of carbonyl (C=O) groups is 1. The van der Waals surface area contributed by atoms with Gasteiger partial charge < -0.3 is 19.7 Å². The highest BCUT2D eigenvalue weighted by Gasteiger charge is 2.31. The zero-order valence-corrected chi connectivity index (χ0v) is 14.6. The first kappa shape index (κ1) is 17.7. The number of nitrogens with one attached hydrogen (secondary N) is 1. The Balaban J connectivity index is 0.00000176. The molecule has 0 aliphatic carbocycles. The van der Waals surface area contributed by atoms with Crippen LogP contribution in [0.2, 0.25) is 0 Å². The Labute approximate surface area is 144 Å². The molecule has 2 saturated heterocycles. The lowest BCUT2D eigenvalue weighted by Crippen LogP contribution is -2.55. The van der Waals surface area contributed by atoms with Crippen LogP contribution in [0.3, 0.4) is 0 Å². The maximum absolute atomic E-state index is 12.5. The maximum atomic E-state index is 12.5. The molecule has 2 aliphatic rings. The van der Waals surface area contributed by atoms with Crippen LogP contribution >= 0.6 is 28.3 Å². The zero-order valence-electron chi connectivity index (χ0n) is 12.2. The number of ether oxygens (including phenoxy) is 2. The first-order valence-corrected chi connectivity index (χ1v) is 8.00. The van der Waals surface area contributed by atoms with Gasteiger partial charge in [-0.15, -0.1) is 12.4 Å². The highest BCUT2D eigenvalue weighted by Crippen LogP contribution is 2.25. The molecule has 2 aliphatic heterocycles. The summed E-state index contributed by atoms with van der Waals surface area (Å²) in [5.74, 6) is 0.109. The normalized spacial score (nSPS) is 25.4. The summed E-state index contributed by atoms with van der Waals surface area (Å²) in [6.45, 7) is 3.66. The smallest absolute Gasteiger partial charge is 0.242 e. The topological polar surface area (TPSA) is 50.8 Å². The molecule has 2 heterocycles. The van der Waals surface area contributed by atoms with Crippen LogP contribution in [0.4, 0.5) is 0 Å². The molecule has 0 radical (unpaired) electrons. The highest BCUT2D eigenvalue weighted by atomic mass is 79.9. The summed E-state index contributed by atoms with van der Waals surface area (Å²) in [5.41, 5.74) is 1.09. The molecule has 1 aromatic carbocycles. The van der Waals surface area contributed by atoms with E-state index in [2.05, 4.69) is 21.2 Å². The molecule has 1 aromatic rings. The highest BCUT2D eigenvalue weighted by molar-refractivity contribution is 9.10. The van der Waals surface area contributed by atoms with Crippen LogP contribution in [0.25, 0.3) is 0 Å². The molecule has 1 amide bonds. The Kier molecular flexibility index (Phi) is 6.65. The van der Waals surface area contributed by atoms with Crippen LogP contribution in [-0.4, -0.2) is 56.3 Å². The van der Waals surface area contributed by atoms with E-state index in [0.29, 0.717) is 32.9 Å². The fourth-order valence-corrected chi connectivity index (χ4v) is 3.12. The zero-order chi connectivity index (χ0) is 14.7. The van der Waals surface area contributed by atoms with Crippen LogP contribution in [0.1, 0.15) is 11.7 Å². The monoisotopic (exact) mass is 390 g/mol. The number of hydrogen-bond donors (Lipinski definition) is 1. The minimum atomic E-state index is -0.222. The van der Waals surface area contributed by atoms with Crippen molar-refractivity contribution in [2.75, 3.05) is 39.5 Å². The van der Waals surface area contributed by atoms with Crippen molar-refractivity contribution >= 4 is 34.2 Å². The molecule has 2 fully saturated rings. The van der Waals surface area contributed by atoms with Crippen molar-refractivity contribution in [3.8, 4) is 0 Å². The number of carbonyl (C=O) groups excluding carboxylic acids is 1. The van der Waals surface area contributed by atoms with Gasteiger partial charge in [0.25, 0.3) is 0 Å². The molecular weight excluding hydrogens is 372 g/mol. The number of benzene rings is 1. The quantitative estimate of drug-likeness (QED) is 0.835. The van der Waals surface area contributed by atoms with Gasteiger partial charge in [-0.05, 0) is 17.7 Å². The van der Waals surface area contributed by atoms with E-state index in [0.717, 1.165) is 16.6 Å². The van der Waals surface area contributed by atoms with Crippen molar-refractivity contribution in [2.24, 2.45) is 0 Å². The van der Waals surface area contributed by atoms with E-state index in [1.54, 1.807) is 0 Å². The van der Waals surface area contributed by atoms with E-state index >= 15 is 0 Å². The molecule has 2 atom stereocenters. The summed E-state index contributed by atoms with van der Waals surface area (Å²) in [7, 11) is 0. The minimum absolute atomic E-state index is 0. The van der Waals surface area contributed by atoms with Crippen LogP contribution in [0.5, 0.6) is 0 Å². The number of halogens is 2. The van der Waals surface area contributed by atoms with Crippen molar-refractivity contribution in [2.45, 2.75) is 12.1 Å². The summed E-state index contributed by atoms with van der Waals surface area (Å²) in [5, 5.41) is 3.22. The predicted molar refractivity (Wildman–Crippen MR) is 89.3 cm³/mol. The molecule has 122 valence electrons. The van der Waals surface area contributed by atoms with Gasteiger partial charge in [-0.2, -0.15) is 0 Å². The van der Waals surface area contributed by atoms with Gasteiger partial charge in [0.05, 0.1) is 26.4 Å². The van der Waals surface area contributed by atoms with Gasteiger partial charge in [0.15, 0.2) is 0 Å². The van der Waals surface area contributed by atoms with Gasteiger partial charge in [-0.3, -0.25) is 4.79 Å². The van der Waals surface area contributed by atoms with Crippen molar-refractivity contribution < 1.29 is 14.3 Å². The average Bonchev–Trinajstić information content (AvgIpc) is 2.55. The molecule has 0 spiro atoms. The number of nitrogens with zero attached hydrogens (tertiary/aromatic N) is 1. The minimum Gasteiger partial charge on any atom is -0.378 e. The van der Waals surface area contributed by atoms with E-state index in [1.807, 2.05) is 29.2 Å². The van der Waals surface area contributed by atoms with E-state index in [-0.39, 0.29) is 30.5 Å². The van der Waals surface area contributed by atoms with Gasteiger partial charge >= 0.3 is 0 Å². The molecule has 0 bridgehead atoms. The molecule has 22 heavy (non-hydrogen) atoms. The first-order valence-electron chi connectivity index (χ1n) is 7.21. The summed E-state index contributed by atoms with van der Waals surface area (Å²) in [6.07, 6.45) is -0.0651. The summed E-state index contributed by atoms with van der Waals surface area (Å²) in [4.78, 5) is 14.4. The SMILES string of the molecule is Cl.O=C(C1COCCN1)N1CCOC(c2cccc(Br)c2)C1. The summed E-state index contributed by atoms with van der Waals surface area (Å²) >= 11 is 3.47. The lowest BCUT2D eigenvalue weighted by atomic mass is 10.1. The van der Waals surface area contributed by atoms with E-state index in [4.69, 9.17) is 9.47 Å². The van der Waals surface area contributed by atoms with Crippen molar-refractivity contribution in [3.63, 3.8) is 0 Å². The third-order valence-electron chi connectivity index (χ3n) is 3.82. The first-order chi connectivity index (χ1) is 10.2. The Morgan fingerprint density at radius 1 is 1.36 bits per heavy atom. The Hall–Kier alpha value is -0.660. The van der Waals surface area contributed by atoms with Crippen LogP contribution < -0.4 is 5.32 Å². The molecule has 0 aromatic heterocycles. The Morgan fingerprint density at radius 2 is 2.23 bits per heavy atom. The number of rotatable bonds is 2. The fourth-order valence-electron chi connectivity index (χ4n) is 2.70. The van der Waals surface area contributed by atoms with E-state index < -0.39 is 0 Å². The summed E-state index contributed by atoms with van der Waals surface area (Å²) in [6, 6.07) is 7.82. The van der Waals surface area contributed by atoms with E-state index in [9.17, 15) is 4.79 Å². The Bertz CT molecular complexity index is 511. The predicted octanol–water partition coefficient (Wildman–Crippen LogP) is 1.76. The van der Waals surface area contributed by atoms with Gasteiger partial charge in [0, 0.05) is 17.6 Å².